The topological polar surface area (TPSA) is 12.4 Å². The molecule has 1 aliphatic rings. The van der Waals surface area contributed by atoms with Crippen LogP contribution < -0.4 is 0 Å². The van der Waals surface area contributed by atoms with E-state index >= 15 is 0 Å². The molecule has 0 aromatic carbocycles. The van der Waals surface area contributed by atoms with Crippen LogP contribution in [0.25, 0.3) is 0 Å². The van der Waals surface area contributed by atoms with Gasteiger partial charge in [-0.05, 0) is 19.4 Å². The predicted molar refractivity (Wildman–Crippen MR) is 41.8 cm³/mol. The van der Waals surface area contributed by atoms with Gasteiger partial charge in [0.1, 0.15) is 0 Å². The lowest BCUT2D eigenvalue weighted by Gasteiger charge is -1.96. The van der Waals surface area contributed by atoms with Gasteiger partial charge in [-0.1, -0.05) is 17.6 Å². The Labute approximate surface area is 56.4 Å². The van der Waals surface area contributed by atoms with Crippen molar-refractivity contribution in [2.75, 3.05) is 0 Å². The second-order valence-electron chi connectivity index (χ2n) is 2.28. The summed E-state index contributed by atoms with van der Waals surface area (Å²) in [5.41, 5.74) is 3.47. The first kappa shape index (κ1) is 6.34. The molecular weight excluding hydrogens is 109 g/mol. The van der Waals surface area contributed by atoms with Gasteiger partial charge in [-0.3, -0.25) is 0 Å². The minimum absolute atomic E-state index is 1.09. The van der Waals surface area contributed by atoms with Crippen LogP contribution in [0.1, 0.15) is 13.8 Å². The smallest absolute Gasteiger partial charge is 0.308 e. The maximum atomic E-state index is 3.98. The molecule has 1 aliphatic heterocycles. The van der Waals surface area contributed by atoms with Crippen molar-refractivity contribution < 1.29 is 0 Å². The molecule has 0 amide bonds. The molecule has 0 aromatic rings. The normalized spacial score (nSPS) is 16.2. The molecule has 0 unspecified atom stereocenters. The first-order chi connectivity index (χ1) is 4.22. The van der Waals surface area contributed by atoms with Crippen molar-refractivity contribution in [1.82, 2.24) is 0 Å². The van der Waals surface area contributed by atoms with Crippen LogP contribution in [0.15, 0.2) is 28.1 Å². The fraction of sp³-hybridized carbons (Fsp3) is 0.286. The summed E-state index contributed by atoms with van der Waals surface area (Å²) < 4.78 is 0. The molecule has 1 radical (unpaired) electrons. The number of hydrogen-bond acceptors (Lipinski definition) is 1. The van der Waals surface area contributed by atoms with Crippen LogP contribution in [0, 0.1) is 0 Å². The summed E-state index contributed by atoms with van der Waals surface area (Å²) in [4.78, 5) is 3.98. The highest BCUT2D eigenvalue weighted by Gasteiger charge is 2.06. The largest absolute Gasteiger partial charge is 0.349 e. The molecule has 0 fully saturated rings. The lowest BCUT2D eigenvalue weighted by molar-refractivity contribution is 1.46. The van der Waals surface area contributed by atoms with Crippen LogP contribution in [0.4, 0.5) is 0 Å². The lowest BCUT2D eigenvalue weighted by Crippen LogP contribution is -1.87. The third-order valence-corrected chi connectivity index (χ3v) is 1.36. The molecule has 0 bridgehead atoms. The van der Waals surface area contributed by atoms with Crippen molar-refractivity contribution in [2.45, 2.75) is 13.8 Å². The summed E-state index contributed by atoms with van der Waals surface area (Å²) in [5, 5.41) is 0. The molecule has 0 aliphatic carbocycles. The average molecular weight is 118 g/mol. The molecule has 0 spiro atoms. The van der Waals surface area contributed by atoms with Gasteiger partial charge in [0.05, 0.1) is 0 Å². The molecule has 1 rings (SSSR count). The molecule has 0 saturated heterocycles. The summed E-state index contributed by atoms with van der Waals surface area (Å²) in [6.07, 6.45) is 1.84. The van der Waals surface area contributed by atoms with Gasteiger partial charge in [0.2, 0.25) is 0 Å². The number of rotatable bonds is 1. The zero-order valence-corrected chi connectivity index (χ0v) is 5.81. The lowest BCUT2D eigenvalue weighted by atomic mass is 9.83. The van der Waals surface area contributed by atoms with Crippen molar-refractivity contribution in [1.29, 1.82) is 0 Å². The zero-order valence-electron chi connectivity index (χ0n) is 5.81. The Bertz CT molecular complexity index is 201. The van der Waals surface area contributed by atoms with E-state index < -0.39 is 0 Å². The summed E-state index contributed by atoms with van der Waals surface area (Å²) in [7, 11) is 1.85. The maximum absolute atomic E-state index is 3.98. The zero-order chi connectivity index (χ0) is 6.85. The van der Waals surface area contributed by atoms with Crippen molar-refractivity contribution in [2.24, 2.45) is 4.90 Å². The molecular formula is C7H9BN. The van der Waals surface area contributed by atoms with Crippen LogP contribution in [0.2, 0.25) is 0 Å². The number of allylic oxidation sites excluding steroid dienone is 3. The van der Waals surface area contributed by atoms with Crippen molar-refractivity contribution in [3.8, 4) is 0 Å². The maximum Gasteiger partial charge on any atom is 0.308 e. The van der Waals surface area contributed by atoms with E-state index in [4.69, 9.17) is 0 Å². The Morgan fingerprint density at radius 2 is 2.44 bits per heavy atom. The van der Waals surface area contributed by atoms with E-state index in [9.17, 15) is 0 Å². The Hall–Kier alpha value is -0.785. The van der Waals surface area contributed by atoms with Crippen molar-refractivity contribution in [3.63, 3.8) is 0 Å². The minimum atomic E-state index is 1.09. The Morgan fingerprint density at radius 1 is 1.78 bits per heavy atom. The summed E-state index contributed by atoms with van der Waals surface area (Å²) in [5.74, 6) is 0. The van der Waals surface area contributed by atoms with Crippen LogP contribution in [0.3, 0.4) is 0 Å². The van der Waals surface area contributed by atoms with Gasteiger partial charge in [-0.25, -0.2) is 0 Å². The Kier molecular flexibility index (Phi) is 1.56. The third kappa shape index (κ3) is 1.12. The standard InChI is InChI=1S/C7H9BN/c1-5(2)7-4-9-8-6(7)3/h4H,1H2,2-3H3. The predicted octanol–water partition coefficient (Wildman–Crippen LogP) is 1.54. The summed E-state index contributed by atoms with van der Waals surface area (Å²) in [6.45, 7) is 7.85. The number of hydrogen-bond donors (Lipinski definition) is 0. The molecule has 2 heteroatoms. The molecule has 9 heavy (non-hydrogen) atoms. The number of nitrogens with zero attached hydrogens (tertiary/aromatic N) is 1. The van der Waals surface area contributed by atoms with Gasteiger partial charge < -0.3 is 4.90 Å². The Morgan fingerprint density at radius 3 is 2.67 bits per heavy atom. The molecule has 1 heterocycles. The molecule has 0 saturated carbocycles. The fourth-order valence-corrected chi connectivity index (χ4v) is 0.842. The average Bonchev–Trinajstić information content (AvgIpc) is 2.13. The molecule has 45 valence electrons. The van der Waals surface area contributed by atoms with Gasteiger partial charge in [0.15, 0.2) is 0 Å². The van der Waals surface area contributed by atoms with Gasteiger partial charge in [0.25, 0.3) is 0 Å². The van der Waals surface area contributed by atoms with E-state index in [1.54, 1.807) is 0 Å². The van der Waals surface area contributed by atoms with Crippen LogP contribution in [-0.4, -0.2) is 13.6 Å². The molecule has 0 N–H and O–H groups in total. The molecule has 0 aromatic heterocycles. The van der Waals surface area contributed by atoms with Crippen LogP contribution in [-0.2, 0) is 0 Å². The van der Waals surface area contributed by atoms with E-state index in [1.165, 1.54) is 11.0 Å². The monoisotopic (exact) mass is 118 g/mol. The van der Waals surface area contributed by atoms with E-state index in [-0.39, 0.29) is 0 Å². The highest BCUT2D eigenvalue weighted by molar-refractivity contribution is 6.48. The van der Waals surface area contributed by atoms with Gasteiger partial charge in [0, 0.05) is 6.21 Å². The van der Waals surface area contributed by atoms with Gasteiger partial charge in [-0.15, -0.1) is 0 Å². The Balaban J connectivity index is 2.89. The fourth-order valence-electron chi connectivity index (χ4n) is 0.842. The summed E-state index contributed by atoms with van der Waals surface area (Å²) in [6, 6.07) is 0. The van der Waals surface area contributed by atoms with Gasteiger partial charge >= 0.3 is 7.41 Å². The van der Waals surface area contributed by atoms with Crippen molar-refractivity contribution >= 4 is 13.6 Å². The first-order valence-electron chi connectivity index (χ1n) is 2.95. The summed E-state index contributed by atoms with van der Waals surface area (Å²) >= 11 is 0. The van der Waals surface area contributed by atoms with E-state index in [1.807, 2.05) is 27.5 Å². The first-order valence-corrected chi connectivity index (χ1v) is 2.95. The van der Waals surface area contributed by atoms with Gasteiger partial charge in [-0.2, -0.15) is 0 Å². The van der Waals surface area contributed by atoms with E-state index in [2.05, 4.69) is 11.5 Å². The second kappa shape index (κ2) is 2.22. The molecule has 0 atom stereocenters. The van der Waals surface area contributed by atoms with Crippen LogP contribution >= 0.6 is 0 Å². The van der Waals surface area contributed by atoms with Crippen molar-refractivity contribution in [3.05, 3.63) is 23.2 Å². The highest BCUT2D eigenvalue weighted by Crippen LogP contribution is 2.13. The second-order valence-corrected chi connectivity index (χ2v) is 2.28. The SMILES string of the molecule is C=C(C)C1=C(C)[B]N=C1. The third-order valence-electron chi connectivity index (χ3n) is 1.36. The highest BCUT2D eigenvalue weighted by atomic mass is 14.6. The quantitative estimate of drug-likeness (QED) is 0.463. The van der Waals surface area contributed by atoms with E-state index in [0.717, 1.165) is 5.57 Å². The van der Waals surface area contributed by atoms with Crippen LogP contribution in [0.5, 0.6) is 0 Å². The molecule has 1 nitrogen and oxygen atoms in total. The minimum Gasteiger partial charge on any atom is -0.349 e. The van der Waals surface area contributed by atoms with E-state index in [0.29, 0.717) is 0 Å².